The monoisotopic (exact) mass is 200 g/mol. The van der Waals surface area contributed by atoms with Gasteiger partial charge in [-0.1, -0.05) is 0 Å². The minimum absolute atomic E-state index is 0.0613. The number of nitrogens with one attached hydrogen (secondary N) is 1. The highest BCUT2D eigenvalue weighted by atomic mass is 16.5. The lowest BCUT2D eigenvalue weighted by molar-refractivity contribution is -0.131. The Hall–Kier alpha value is -0.610. The third kappa shape index (κ3) is 2.69. The molecule has 4 nitrogen and oxygen atoms in total. The zero-order valence-corrected chi connectivity index (χ0v) is 9.41. The molecule has 1 fully saturated rings. The van der Waals surface area contributed by atoms with Gasteiger partial charge in [0.25, 0.3) is 0 Å². The molecule has 0 spiro atoms. The number of hydrogen-bond acceptors (Lipinski definition) is 3. The van der Waals surface area contributed by atoms with Gasteiger partial charge in [-0.3, -0.25) is 9.69 Å². The number of morpholine rings is 1. The summed E-state index contributed by atoms with van der Waals surface area (Å²) in [4.78, 5) is 13.6. The Kier molecular flexibility index (Phi) is 3.89. The summed E-state index contributed by atoms with van der Waals surface area (Å²) < 4.78 is 5.61. The lowest BCUT2D eigenvalue weighted by Crippen LogP contribution is -2.53. The average Bonchev–Trinajstić information content (AvgIpc) is 2.14. The Bertz CT molecular complexity index is 198. The van der Waals surface area contributed by atoms with Gasteiger partial charge in [0.15, 0.2) is 0 Å². The van der Waals surface area contributed by atoms with Gasteiger partial charge in [0.1, 0.15) is 0 Å². The third-order valence-corrected chi connectivity index (χ3v) is 2.62. The number of carbonyl (C=O) groups excluding carboxylic acids is 1. The first-order chi connectivity index (χ1) is 6.54. The van der Waals surface area contributed by atoms with Crippen LogP contribution in [-0.2, 0) is 9.53 Å². The van der Waals surface area contributed by atoms with E-state index in [-0.39, 0.29) is 24.2 Å². The van der Waals surface area contributed by atoms with Crippen LogP contribution in [-0.4, -0.2) is 49.2 Å². The Morgan fingerprint density at radius 3 is 2.36 bits per heavy atom. The van der Waals surface area contributed by atoms with E-state index in [1.54, 1.807) is 7.05 Å². The molecule has 0 bridgehead atoms. The highest BCUT2D eigenvalue weighted by Gasteiger charge is 2.28. The SMILES string of the molecule is CNC(=O)[C@H](C)N1C[C@@H](C)O[C@H](C)C1. The zero-order chi connectivity index (χ0) is 10.7. The molecule has 1 amide bonds. The van der Waals surface area contributed by atoms with E-state index in [1.807, 2.05) is 20.8 Å². The summed E-state index contributed by atoms with van der Waals surface area (Å²) in [5.41, 5.74) is 0. The van der Waals surface area contributed by atoms with Crippen molar-refractivity contribution in [3.8, 4) is 0 Å². The van der Waals surface area contributed by atoms with Gasteiger partial charge in [-0.15, -0.1) is 0 Å². The van der Waals surface area contributed by atoms with Crippen molar-refractivity contribution in [3.05, 3.63) is 0 Å². The van der Waals surface area contributed by atoms with Gasteiger partial charge in [-0.2, -0.15) is 0 Å². The molecule has 1 aliphatic heterocycles. The first-order valence-corrected chi connectivity index (χ1v) is 5.15. The average molecular weight is 200 g/mol. The number of carbonyl (C=O) groups is 1. The van der Waals surface area contributed by atoms with E-state index < -0.39 is 0 Å². The van der Waals surface area contributed by atoms with E-state index in [0.29, 0.717) is 0 Å². The lowest BCUT2D eigenvalue weighted by atomic mass is 10.1. The standard InChI is InChI=1S/C10H20N2O2/c1-7-5-12(6-8(2)14-7)9(3)10(13)11-4/h7-9H,5-6H2,1-4H3,(H,11,13)/t7-,8-,9+/m1/s1. The van der Waals surface area contributed by atoms with Crippen molar-refractivity contribution in [3.63, 3.8) is 0 Å². The van der Waals surface area contributed by atoms with Crippen molar-refractivity contribution < 1.29 is 9.53 Å². The maximum absolute atomic E-state index is 11.4. The Morgan fingerprint density at radius 1 is 1.43 bits per heavy atom. The van der Waals surface area contributed by atoms with Crippen LogP contribution in [0.5, 0.6) is 0 Å². The molecule has 0 aromatic rings. The molecule has 1 N–H and O–H groups in total. The van der Waals surface area contributed by atoms with E-state index >= 15 is 0 Å². The van der Waals surface area contributed by atoms with Gasteiger partial charge in [0.05, 0.1) is 18.2 Å². The maximum atomic E-state index is 11.4. The summed E-state index contributed by atoms with van der Waals surface area (Å²) in [5.74, 6) is 0.0753. The van der Waals surface area contributed by atoms with Crippen LogP contribution >= 0.6 is 0 Å². The molecule has 1 saturated heterocycles. The second-order valence-corrected chi connectivity index (χ2v) is 4.00. The molecule has 1 heterocycles. The van der Waals surface area contributed by atoms with E-state index in [0.717, 1.165) is 13.1 Å². The molecule has 0 unspecified atom stereocenters. The maximum Gasteiger partial charge on any atom is 0.236 e. The van der Waals surface area contributed by atoms with E-state index in [1.165, 1.54) is 0 Å². The molecule has 1 aliphatic rings. The second kappa shape index (κ2) is 4.75. The zero-order valence-electron chi connectivity index (χ0n) is 9.41. The highest BCUT2D eigenvalue weighted by Crippen LogP contribution is 2.13. The van der Waals surface area contributed by atoms with Crippen LogP contribution < -0.4 is 5.32 Å². The molecule has 1 rings (SSSR count). The Morgan fingerprint density at radius 2 is 1.93 bits per heavy atom. The van der Waals surface area contributed by atoms with Crippen LogP contribution in [0.1, 0.15) is 20.8 Å². The fraction of sp³-hybridized carbons (Fsp3) is 0.900. The van der Waals surface area contributed by atoms with Crippen LogP contribution in [0, 0.1) is 0 Å². The smallest absolute Gasteiger partial charge is 0.236 e. The molecule has 14 heavy (non-hydrogen) atoms. The number of ether oxygens (including phenoxy) is 1. The van der Waals surface area contributed by atoms with Crippen molar-refractivity contribution in [1.29, 1.82) is 0 Å². The topological polar surface area (TPSA) is 41.6 Å². The normalized spacial score (nSPS) is 31.1. The molecular weight excluding hydrogens is 180 g/mol. The van der Waals surface area contributed by atoms with E-state index in [4.69, 9.17) is 4.74 Å². The molecule has 0 saturated carbocycles. The van der Waals surface area contributed by atoms with Crippen molar-refractivity contribution in [2.75, 3.05) is 20.1 Å². The molecule has 0 aromatic carbocycles. The van der Waals surface area contributed by atoms with Gasteiger partial charge in [0, 0.05) is 20.1 Å². The summed E-state index contributed by atoms with van der Waals surface area (Å²) in [5, 5.41) is 2.67. The number of amides is 1. The second-order valence-electron chi connectivity index (χ2n) is 4.00. The number of nitrogens with zero attached hydrogens (tertiary/aromatic N) is 1. The van der Waals surface area contributed by atoms with Crippen molar-refractivity contribution in [2.45, 2.75) is 39.0 Å². The summed E-state index contributed by atoms with van der Waals surface area (Å²) in [6.07, 6.45) is 0.428. The first-order valence-electron chi connectivity index (χ1n) is 5.15. The summed E-state index contributed by atoms with van der Waals surface area (Å²) in [6, 6.07) is -0.0613. The lowest BCUT2D eigenvalue weighted by Gasteiger charge is -2.38. The van der Waals surface area contributed by atoms with Gasteiger partial charge in [-0.05, 0) is 20.8 Å². The van der Waals surface area contributed by atoms with Gasteiger partial charge >= 0.3 is 0 Å². The van der Waals surface area contributed by atoms with Gasteiger partial charge in [-0.25, -0.2) is 0 Å². The quantitative estimate of drug-likeness (QED) is 0.694. The largest absolute Gasteiger partial charge is 0.373 e. The van der Waals surface area contributed by atoms with E-state index in [2.05, 4.69) is 10.2 Å². The summed E-state index contributed by atoms with van der Waals surface area (Å²) in [7, 11) is 1.67. The number of likely N-dealkylation sites (N-methyl/N-ethyl adjacent to an activating group) is 1. The molecular formula is C10H20N2O2. The summed E-state index contributed by atoms with van der Waals surface area (Å²) in [6.45, 7) is 7.68. The van der Waals surface area contributed by atoms with Crippen LogP contribution in [0.2, 0.25) is 0 Å². The van der Waals surface area contributed by atoms with Gasteiger partial charge in [0.2, 0.25) is 5.91 Å². The minimum atomic E-state index is -0.0613. The van der Waals surface area contributed by atoms with Crippen molar-refractivity contribution in [2.24, 2.45) is 0 Å². The van der Waals surface area contributed by atoms with Crippen LogP contribution in [0.3, 0.4) is 0 Å². The Labute approximate surface area is 85.6 Å². The van der Waals surface area contributed by atoms with E-state index in [9.17, 15) is 4.79 Å². The molecule has 0 radical (unpaired) electrons. The molecule has 4 heteroatoms. The molecule has 0 aromatic heterocycles. The van der Waals surface area contributed by atoms with Crippen molar-refractivity contribution in [1.82, 2.24) is 10.2 Å². The first kappa shape index (κ1) is 11.5. The predicted octanol–water partition coefficient (Wildman–Crippen LogP) is 0.230. The minimum Gasteiger partial charge on any atom is -0.373 e. The Balaban J connectivity index is 2.54. The highest BCUT2D eigenvalue weighted by molar-refractivity contribution is 5.80. The van der Waals surface area contributed by atoms with Gasteiger partial charge < -0.3 is 10.1 Å². The van der Waals surface area contributed by atoms with Crippen LogP contribution in [0.4, 0.5) is 0 Å². The summed E-state index contributed by atoms with van der Waals surface area (Å²) >= 11 is 0. The third-order valence-electron chi connectivity index (χ3n) is 2.62. The molecule has 82 valence electrons. The van der Waals surface area contributed by atoms with Crippen LogP contribution in [0.15, 0.2) is 0 Å². The van der Waals surface area contributed by atoms with Crippen LogP contribution in [0.25, 0.3) is 0 Å². The number of rotatable bonds is 2. The molecule has 0 aliphatic carbocycles. The molecule has 3 atom stereocenters. The fourth-order valence-corrected chi connectivity index (χ4v) is 1.91. The predicted molar refractivity (Wildman–Crippen MR) is 55.1 cm³/mol. The van der Waals surface area contributed by atoms with Crippen molar-refractivity contribution >= 4 is 5.91 Å². The fourth-order valence-electron chi connectivity index (χ4n) is 1.91. The number of hydrogen-bond donors (Lipinski definition) is 1.